The van der Waals surface area contributed by atoms with Crippen molar-refractivity contribution in [2.75, 3.05) is 11.9 Å². The largest absolute Gasteiger partial charge is 0.493 e. The van der Waals surface area contributed by atoms with Gasteiger partial charge in [0.2, 0.25) is 0 Å². The second-order valence-electron chi connectivity index (χ2n) is 2.22. The van der Waals surface area contributed by atoms with Crippen LogP contribution in [0.4, 0.5) is 0 Å². The molecule has 1 rings (SSSR count). The van der Waals surface area contributed by atoms with E-state index in [-0.39, 0.29) is 0 Å². The van der Waals surface area contributed by atoms with Gasteiger partial charge in [0.05, 0.1) is 6.61 Å². The van der Waals surface area contributed by atoms with E-state index < -0.39 is 0 Å². The summed E-state index contributed by atoms with van der Waals surface area (Å²) in [5.41, 5.74) is 0.573. The standard InChI is InChI=1S/C8H7BBrClO/c9-7-5-6(11)1-2-8(7)12-4-3-10/h1-2,5H,3-4H2. The lowest BCUT2D eigenvalue weighted by atomic mass is 9.95. The minimum Gasteiger partial charge on any atom is -0.493 e. The molecule has 0 aromatic heterocycles. The number of ether oxygens (including phenoxy) is 1. The first kappa shape index (κ1) is 9.94. The quantitative estimate of drug-likeness (QED) is 0.584. The molecule has 0 amide bonds. The fourth-order valence-electron chi connectivity index (χ4n) is 0.799. The first-order valence-electron chi connectivity index (χ1n) is 3.48. The highest BCUT2D eigenvalue weighted by atomic mass is 79.9. The molecule has 0 atom stereocenters. The molecule has 12 heavy (non-hydrogen) atoms. The Hall–Kier alpha value is -0.145. The monoisotopic (exact) mass is 244 g/mol. The van der Waals surface area contributed by atoms with E-state index in [1.165, 1.54) is 0 Å². The average molecular weight is 245 g/mol. The zero-order valence-corrected chi connectivity index (χ0v) is 8.73. The van der Waals surface area contributed by atoms with Gasteiger partial charge in [-0.1, -0.05) is 33.0 Å². The molecule has 1 aromatic carbocycles. The van der Waals surface area contributed by atoms with Gasteiger partial charge in [-0.3, -0.25) is 0 Å². The van der Waals surface area contributed by atoms with Gasteiger partial charge in [-0.2, -0.15) is 0 Å². The highest BCUT2D eigenvalue weighted by Crippen LogP contribution is 2.12. The Kier molecular flexibility index (Phi) is 3.96. The van der Waals surface area contributed by atoms with Crippen LogP contribution in [0.25, 0.3) is 0 Å². The first-order chi connectivity index (χ1) is 5.74. The number of hydrogen-bond acceptors (Lipinski definition) is 1. The van der Waals surface area contributed by atoms with Crippen molar-refractivity contribution < 1.29 is 4.74 Å². The van der Waals surface area contributed by atoms with E-state index in [0.717, 1.165) is 5.33 Å². The van der Waals surface area contributed by atoms with Crippen molar-refractivity contribution in [2.24, 2.45) is 0 Å². The van der Waals surface area contributed by atoms with Crippen molar-refractivity contribution >= 4 is 40.8 Å². The van der Waals surface area contributed by atoms with Crippen LogP contribution < -0.4 is 10.2 Å². The molecule has 0 aliphatic heterocycles. The van der Waals surface area contributed by atoms with Crippen molar-refractivity contribution in [3.8, 4) is 5.75 Å². The van der Waals surface area contributed by atoms with Gasteiger partial charge >= 0.3 is 0 Å². The highest BCUT2D eigenvalue weighted by molar-refractivity contribution is 9.09. The summed E-state index contributed by atoms with van der Waals surface area (Å²) in [6.45, 7) is 0.603. The van der Waals surface area contributed by atoms with Gasteiger partial charge in [0, 0.05) is 10.4 Å². The molecular weight excluding hydrogens is 238 g/mol. The maximum Gasteiger partial charge on any atom is 0.119 e. The topological polar surface area (TPSA) is 9.23 Å². The molecule has 1 nitrogen and oxygen atoms in total. The summed E-state index contributed by atoms with van der Waals surface area (Å²) in [7, 11) is 5.64. The van der Waals surface area contributed by atoms with Gasteiger partial charge in [-0.25, -0.2) is 0 Å². The van der Waals surface area contributed by atoms with Gasteiger partial charge in [-0.05, 0) is 18.2 Å². The molecule has 0 saturated heterocycles. The third-order valence-electron chi connectivity index (χ3n) is 1.31. The number of benzene rings is 1. The lowest BCUT2D eigenvalue weighted by molar-refractivity contribution is 0.348. The predicted octanol–water partition coefficient (Wildman–Crippen LogP) is 1.91. The van der Waals surface area contributed by atoms with Gasteiger partial charge in [0.15, 0.2) is 0 Å². The van der Waals surface area contributed by atoms with Gasteiger partial charge in [-0.15, -0.1) is 0 Å². The molecule has 0 fully saturated rings. The summed E-state index contributed by atoms with van der Waals surface area (Å²) in [6.07, 6.45) is 0. The summed E-state index contributed by atoms with van der Waals surface area (Å²) in [4.78, 5) is 0. The molecule has 0 heterocycles. The summed E-state index contributed by atoms with van der Waals surface area (Å²) in [5.74, 6) is 0.679. The Morgan fingerprint density at radius 1 is 1.50 bits per heavy atom. The third kappa shape index (κ3) is 2.72. The lowest BCUT2D eigenvalue weighted by Gasteiger charge is -2.07. The van der Waals surface area contributed by atoms with Crippen LogP contribution in [-0.4, -0.2) is 19.8 Å². The maximum absolute atomic E-state index is 5.71. The van der Waals surface area contributed by atoms with E-state index >= 15 is 0 Å². The van der Waals surface area contributed by atoms with E-state index in [1.807, 2.05) is 0 Å². The van der Waals surface area contributed by atoms with Crippen LogP contribution in [0, 0.1) is 0 Å². The lowest BCUT2D eigenvalue weighted by Crippen LogP contribution is -2.10. The Morgan fingerprint density at radius 2 is 2.25 bits per heavy atom. The molecule has 62 valence electrons. The number of halogens is 2. The zero-order chi connectivity index (χ0) is 8.97. The van der Waals surface area contributed by atoms with E-state index in [0.29, 0.717) is 22.8 Å². The fraction of sp³-hybridized carbons (Fsp3) is 0.250. The molecule has 0 bridgehead atoms. The number of rotatable bonds is 3. The van der Waals surface area contributed by atoms with Crippen LogP contribution in [0.2, 0.25) is 5.02 Å². The molecule has 0 N–H and O–H groups in total. The summed E-state index contributed by atoms with van der Waals surface area (Å²) >= 11 is 8.96. The molecule has 0 aliphatic carbocycles. The van der Waals surface area contributed by atoms with E-state index in [4.69, 9.17) is 24.2 Å². The van der Waals surface area contributed by atoms with Crippen LogP contribution in [-0.2, 0) is 0 Å². The number of alkyl halides is 1. The Morgan fingerprint density at radius 3 is 2.83 bits per heavy atom. The normalized spacial score (nSPS) is 9.83. The second kappa shape index (κ2) is 4.78. The molecule has 0 unspecified atom stereocenters. The predicted molar refractivity (Wildman–Crippen MR) is 56.1 cm³/mol. The van der Waals surface area contributed by atoms with Gasteiger partial charge < -0.3 is 4.74 Å². The molecular formula is C8H7BBrClO. The minimum atomic E-state index is 0.573. The minimum absolute atomic E-state index is 0.573. The zero-order valence-electron chi connectivity index (χ0n) is 6.39. The Balaban J connectivity index is 2.72. The summed E-state index contributed by atoms with van der Waals surface area (Å²) in [6, 6.07) is 5.19. The smallest absolute Gasteiger partial charge is 0.119 e. The molecule has 2 radical (unpaired) electrons. The Labute approximate surface area is 86.6 Å². The van der Waals surface area contributed by atoms with Crippen molar-refractivity contribution in [3.63, 3.8) is 0 Å². The SMILES string of the molecule is [B]c1cc(Cl)ccc1OCCBr. The molecule has 0 aliphatic rings. The van der Waals surface area contributed by atoms with Crippen LogP contribution in [0.5, 0.6) is 5.75 Å². The molecule has 0 saturated carbocycles. The Bertz CT molecular complexity index is 267. The first-order valence-corrected chi connectivity index (χ1v) is 4.98. The van der Waals surface area contributed by atoms with E-state index in [1.54, 1.807) is 18.2 Å². The highest BCUT2D eigenvalue weighted by Gasteiger charge is 1.98. The van der Waals surface area contributed by atoms with Gasteiger partial charge in [0.1, 0.15) is 13.6 Å². The molecule has 0 spiro atoms. The van der Waals surface area contributed by atoms with Crippen molar-refractivity contribution in [1.29, 1.82) is 0 Å². The van der Waals surface area contributed by atoms with Crippen molar-refractivity contribution in [3.05, 3.63) is 23.2 Å². The van der Waals surface area contributed by atoms with Crippen molar-refractivity contribution in [2.45, 2.75) is 0 Å². The summed E-state index contributed by atoms with van der Waals surface area (Å²) in [5, 5.41) is 1.41. The van der Waals surface area contributed by atoms with Gasteiger partial charge in [0.25, 0.3) is 0 Å². The average Bonchev–Trinajstić information content (AvgIpc) is 2.03. The van der Waals surface area contributed by atoms with Crippen LogP contribution in [0.1, 0.15) is 0 Å². The van der Waals surface area contributed by atoms with Crippen LogP contribution in [0.15, 0.2) is 18.2 Å². The van der Waals surface area contributed by atoms with Crippen molar-refractivity contribution in [1.82, 2.24) is 0 Å². The maximum atomic E-state index is 5.71. The molecule has 1 aromatic rings. The van der Waals surface area contributed by atoms with Crippen LogP contribution >= 0.6 is 27.5 Å². The van der Waals surface area contributed by atoms with E-state index in [2.05, 4.69) is 15.9 Å². The second-order valence-corrected chi connectivity index (χ2v) is 3.45. The number of hydrogen-bond donors (Lipinski definition) is 0. The fourth-order valence-corrected chi connectivity index (χ4v) is 1.14. The van der Waals surface area contributed by atoms with Crippen LogP contribution in [0.3, 0.4) is 0 Å². The van der Waals surface area contributed by atoms with E-state index in [9.17, 15) is 0 Å². The third-order valence-corrected chi connectivity index (χ3v) is 1.87. The summed E-state index contributed by atoms with van der Waals surface area (Å²) < 4.78 is 5.31. The molecule has 4 heteroatoms.